The number of benzene rings is 2. The molecule has 0 radical (unpaired) electrons. The minimum atomic E-state index is -0.424. The molecule has 2 N–H and O–H groups in total. The number of ether oxygens (including phenoxy) is 2. The van der Waals surface area contributed by atoms with Crippen molar-refractivity contribution in [1.82, 2.24) is 5.32 Å². The van der Waals surface area contributed by atoms with Gasteiger partial charge in [0.25, 0.3) is 11.8 Å². The highest BCUT2D eigenvalue weighted by atomic mass is 32.1. The third-order valence-electron chi connectivity index (χ3n) is 4.59. The number of carbonyl (C=O) groups excluding carboxylic acids is 2. The smallest absolute Gasteiger partial charge is 0.272 e. The summed E-state index contributed by atoms with van der Waals surface area (Å²) in [7, 11) is 3.09. The first-order chi connectivity index (χ1) is 14.9. The highest BCUT2D eigenvalue weighted by Gasteiger charge is 2.17. The van der Waals surface area contributed by atoms with Gasteiger partial charge < -0.3 is 20.1 Å². The summed E-state index contributed by atoms with van der Waals surface area (Å²) in [6.07, 6.45) is 1.60. The first-order valence-corrected chi connectivity index (χ1v) is 10.5. The van der Waals surface area contributed by atoms with E-state index in [0.717, 1.165) is 11.1 Å². The second-order valence-electron chi connectivity index (χ2n) is 6.88. The molecule has 1 aromatic heterocycles. The molecule has 160 valence electrons. The number of rotatable bonds is 7. The minimum Gasteiger partial charge on any atom is -0.493 e. The van der Waals surface area contributed by atoms with E-state index >= 15 is 0 Å². The molecule has 3 rings (SSSR count). The van der Waals surface area contributed by atoms with Crippen LogP contribution in [0.3, 0.4) is 0 Å². The quantitative estimate of drug-likeness (QED) is 0.522. The molecule has 2 amide bonds. The zero-order chi connectivity index (χ0) is 22.4. The van der Waals surface area contributed by atoms with E-state index < -0.39 is 5.91 Å². The van der Waals surface area contributed by atoms with Crippen LogP contribution in [0.15, 0.2) is 59.6 Å². The van der Waals surface area contributed by atoms with Gasteiger partial charge in [0.1, 0.15) is 5.70 Å². The van der Waals surface area contributed by atoms with Crippen LogP contribution in [0.1, 0.15) is 26.4 Å². The predicted molar refractivity (Wildman–Crippen MR) is 124 cm³/mol. The summed E-state index contributed by atoms with van der Waals surface area (Å²) in [6, 6.07) is 14.5. The summed E-state index contributed by atoms with van der Waals surface area (Å²) in [5, 5.41) is 7.43. The monoisotopic (exact) mass is 436 g/mol. The average molecular weight is 437 g/mol. The fourth-order valence-corrected chi connectivity index (χ4v) is 3.62. The van der Waals surface area contributed by atoms with Crippen LogP contribution in [-0.2, 0) is 4.79 Å². The number of hydrogen-bond acceptors (Lipinski definition) is 5. The van der Waals surface area contributed by atoms with Crippen molar-refractivity contribution < 1.29 is 19.1 Å². The molecular weight excluding hydrogens is 412 g/mol. The second kappa shape index (κ2) is 9.95. The number of aryl methyl sites for hydroxylation is 2. The highest BCUT2D eigenvalue weighted by molar-refractivity contribution is 7.12. The number of nitrogens with one attached hydrogen (secondary N) is 2. The zero-order valence-electron chi connectivity index (χ0n) is 17.8. The van der Waals surface area contributed by atoms with Crippen molar-refractivity contribution >= 4 is 34.9 Å². The lowest BCUT2D eigenvalue weighted by molar-refractivity contribution is -0.113. The van der Waals surface area contributed by atoms with Gasteiger partial charge in [0.05, 0.1) is 19.1 Å². The van der Waals surface area contributed by atoms with Gasteiger partial charge in [0, 0.05) is 5.69 Å². The molecule has 0 unspecified atom stereocenters. The van der Waals surface area contributed by atoms with Crippen molar-refractivity contribution in [1.29, 1.82) is 0 Å². The molecule has 6 nitrogen and oxygen atoms in total. The Morgan fingerprint density at radius 2 is 1.74 bits per heavy atom. The summed E-state index contributed by atoms with van der Waals surface area (Å²) >= 11 is 1.30. The summed E-state index contributed by atoms with van der Waals surface area (Å²) < 4.78 is 10.6. The fourth-order valence-electron chi connectivity index (χ4n) is 3.00. The number of hydrogen-bond donors (Lipinski definition) is 2. The third-order valence-corrected chi connectivity index (χ3v) is 5.46. The topological polar surface area (TPSA) is 76.7 Å². The lowest BCUT2D eigenvalue weighted by Gasteiger charge is -2.13. The predicted octanol–water partition coefficient (Wildman–Crippen LogP) is 4.79. The molecule has 0 fully saturated rings. The maximum atomic E-state index is 13.1. The van der Waals surface area contributed by atoms with Crippen molar-refractivity contribution in [3.05, 3.63) is 81.2 Å². The van der Waals surface area contributed by atoms with Crippen molar-refractivity contribution in [2.75, 3.05) is 19.5 Å². The largest absolute Gasteiger partial charge is 0.493 e. The van der Waals surface area contributed by atoms with Crippen LogP contribution < -0.4 is 20.1 Å². The van der Waals surface area contributed by atoms with Gasteiger partial charge in [0.15, 0.2) is 11.5 Å². The average Bonchev–Trinajstić information content (AvgIpc) is 3.30. The standard InChI is InChI=1S/C24H24N2O4S/c1-15-7-9-18(16(2)12-15)25-23(27)19(26-24(28)22-6-5-11-31-22)13-17-8-10-20(29-3)21(14-17)30-4/h5-14H,1-4H3,(H,25,27)(H,26,28). The van der Waals surface area contributed by atoms with Gasteiger partial charge in [-0.25, -0.2) is 0 Å². The van der Waals surface area contributed by atoms with Crippen LogP contribution >= 0.6 is 11.3 Å². The molecule has 0 saturated carbocycles. The Kier molecular flexibility index (Phi) is 7.10. The Morgan fingerprint density at radius 3 is 2.39 bits per heavy atom. The number of anilines is 1. The third kappa shape index (κ3) is 5.52. The number of amides is 2. The first-order valence-electron chi connectivity index (χ1n) is 9.58. The molecule has 0 aliphatic carbocycles. The Hall–Kier alpha value is -3.58. The van der Waals surface area contributed by atoms with Gasteiger partial charge >= 0.3 is 0 Å². The summed E-state index contributed by atoms with van der Waals surface area (Å²) in [6.45, 7) is 3.91. The molecule has 0 saturated heterocycles. The van der Waals surface area contributed by atoms with Gasteiger partial charge in [-0.1, -0.05) is 29.8 Å². The van der Waals surface area contributed by atoms with Crippen molar-refractivity contribution in [3.63, 3.8) is 0 Å². The van der Waals surface area contributed by atoms with Crippen molar-refractivity contribution in [2.45, 2.75) is 13.8 Å². The molecular formula is C24H24N2O4S. The Labute approximate surface area is 185 Å². The number of thiophene rings is 1. The van der Waals surface area contributed by atoms with E-state index in [-0.39, 0.29) is 11.6 Å². The molecule has 0 spiro atoms. The van der Waals surface area contributed by atoms with Gasteiger partial charge in [-0.3, -0.25) is 9.59 Å². The van der Waals surface area contributed by atoms with Crippen LogP contribution in [-0.4, -0.2) is 26.0 Å². The summed E-state index contributed by atoms with van der Waals surface area (Å²) in [5.74, 6) is 0.322. The summed E-state index contributed by atoms with van der Waals surface area (Å²) in [4.78, 5) is 26.2. The Morgan fingerprint density at radius 1 is 0.968 bits per heavy atom. The molecule has 1 heterocycles. The number of methoxy groups -OCH3 is 2. The van der Waals surface area contributed by atoms with E-state index in [1.165, 1.54) is 18.4 Å². The lowest BCUT2D eigenvalue weighted by atomic mass is 10.1. The van der Waals surface area contributed by atoms with Crippen LogP contribution in [0, 0.1) is 13.8 Å². The lowest BCUT2D eigenvalue weighted by Crippen LogP contribution is -2.30. The molecule has 7 heteroatoms. The van der Waals surface area contributed by atoms with Gasteiger partial charge in [-0.15, -0.1) is 11.3 Å². The molecule has 0 aliphatic rings. The van der Waals surface area contributed by atoms with Crippen molar-refractivity contribution in [2.24, 2.45) is 0 Å². The maximum Gasteiger partial charge on any atom is 0.272 e. The van der Waals surface area contributed by atoms with Crippen LogP contribution in [0.25, 0.3) is 6.08 Å². The number of carbonyl (C=O) groups is 2. The normalized spacial score (nSPS) is 11.0. The zero-order valence-corrected chi connectivity index (χ0v) is 18.6. The second-order valence-corrected chi connectivity index (χ2v) is 7.82. The van der Waals surface area contributed by atoms with E-state index in [9.17, 15) is 9.59 Å². The maximum absolute atomic E-state index is 13.1. The molecule has 2 aromatic carbocycles. The first kappa shape index (κ1) is 22.1. The molecule has 0 aliphatic heterocycles. The van der Waals surface area contributed by atoms with Gasteiger partial charge in [0.2, 0.25) is 0 Å². The molecule has 3 aromatic rings. The summed E-state index contributed by atoms with van der Waals surface area (Å²) in [5.41, 5.74) is 3.51. The van der Waals surface area contributed by atoms with Crippen LogP contribution in [0.2, 0.25) is 0 Å². The van der Waals surface area contributed by atoms with Crippen LogP contribution in [0.5, 0.6) is 11.5 Å². The Bertz CT molecular complexity index is 1120. The van der Waals surface area contributed by atoms with Gasteiger partial charge in [-0.2, -0.15) is 0 Å². The van der Waals surface area contributed by atoms with E-state index in [1.54, 1.807) is 43.5 Å². The molecule has 0 atom stereocenters. The molecule has 0 bridgehead atoms. The minimum absolute atomic E-state index is 0.116. The van der Waals surface area contributed by atoms with Crippen LogP contribution in [0.4, 0.5) is 5.69 Å². The van der Waals surface area contributed by atoms with E-state index in [4.69, 9.17) is 9.47 Å². The fraction of sp³-hybridized carbons (Fsp3) is 0.167. The van der Waals surface area contributed by atoms with E-state index in [2.05, 4.69) is 10.6 Å². The van der Waals surface area contributed by atoms with Crippen molar-refractivity contribution in [3.8, 4) is 11.5 Å². The van der Waals surface area contributed by atoms with Gasteiger partial charge in [-0.05, 0) is 60.7 Å². The van der Waals surface area contributed by atoms with E-state index in [1.807, 2.05) is 37.4 Å². The highest BCUT2D eigenvalue weighted by Crippen LogP contribution is 2.28. The Balaban J connectivity index is 1.94. The SMILES string of the molecule is COc1ccc(C=C(NC(=O)c2cccs2)C(=O)Nc2ccc(C)cc2C)cc1OC. The molecule has 31 heavy (non-hydrogen) atoms. The van der Waals surface area contributed by atoms with E-state index in [0.29, 0.717) is 27.6 Å².